The summed E-state index contributed by atoms with van der Waals surface area (Å²) in [4.78, 5) is 25.3. The largest absolute Gasteiger partial charge is 0.462 e. The van der Waals surface area contributed by atoms with Gasteiger partial charge in [-0.2, -0.15) is 0 Å². The van der Waals surface area contributed by atoms with Crippen LogP contribution in [0.25, 0.3) is 0 Å². The summed E-state index contributed by atoms with van der Waals surface area (Å²) in [6, 6.07) is 0. The maximum Gasteiger partial charge on any atom is 0.312 e. The van der Waals surface area contributed by atoms with Crippen molar-refractivity contribution in [3.05, 3.63) is 0 Å². The summed E-state index contributed by atoms with van der Waals surface area (Å²) in [5.74, 6) is 2.23. The van der Waals surface area contributed by atoms with Gasteiger partial charge in [-0.05, 0) is 98.2 Å². The van der Waals surface area contributed by atoms with Crippen molar-refractivity contribution in [1.82, 2.24) is 0 Å². The Kier molecular flexibility index (Phi) is 5.13. The Labute approximate surface area is 219 Å². The molecule has 6 aliphatic rings. The molecular formula is C32H50O4. The monoisotopic (exact) mass is 498 g/mol. The number of fused-ring (bicyclic) bond motifs is 5. The number of esters is 2. The van der Waals surface area contributed by atoms with Crippen molar-refractivity contribution in [2.45, 2.75) is 132 Å². The second kappa shape index (κ2) is 7.32. The van der Waals surface area contributed by atoms with E-state index in [2.05, 4.69) is 48.5 Å². The molecule has 0 N–H and O–H groups in total. The summed E-state index contributed by atoms with van der Waals surface area (Å²) in [6.45, 7) is 18.9. The minimum Gasteiger partial charge on any atom is -0.462 e. The Bertz CT molecular complexity index is 983. The van der Waals surface area contributed by atoms with Crippen molar-refractivity contribution in [2.75, 3.05) is 0 Å². The predicted molar refractivity (Wildman–Crippen MR) is 140 cm³/mol. The van der Waals surface area contributed by atoms with Gasteiger partial charge in [-0.1, -0.05) is 48.5 Å². The van der Waals surface area contributed by atoms with E-state index >= 15 is 0 Å². The number of ether oxygens (including phenoxy) is 2. The topological polar surface area (TPSA) is 52.6 Å². The maximum atomic E-state index is 13.4. The fourth-order valence-corrected chi connectivity index (χ4v) is 12.2. The first-order valence-electron chi connectivity index (χ1n) is 15.0. The van der Waals surface area contributed by atoms with E-state index in [9.17, 15) is 9.59 Å². The van der Waals surface area contributed by atoms with Gasteiger partial charge in [0.15, 0.2) is 0 Å². The SMILES string of the molecule is CC(=O)O[C@H]1CC[C@@]2(C)[C@H](CC[C@]3(C)[C@@H]2CC[C@@H]2[C@@H]4[C@H]5OC(=O)[C@@]4(CCC5(C)C)CC[C@]23C)C1(C)C. The number of hydrogen-bond donors (Lipinski definition) is 0. The van der Waals surface area contributed by atoms with E-state index in [-0.39, 0.29) is 56.6 Å². The highest BCUT2D eigenvalue weighted by Crippen LogP contribution is 2.78. The van der Waals surface area contributed by atoms with Crippen molar-refractivity contribution >= 4 is 11.9 Å². The summed E-state index contributed by atoms with van der Waals surface area (Å²) in [5.41, 5.74) is 0.665. The van der Waals surface area contributed by atoms with Crippen LogP contribution in [0.15, 0.2) is 0 Å². The highest BCUT2D eigenvalue weighted by molar-refractivity contribution is 5.81. The maximum absolute atomic E-state index is 13.4. The third kappa shape index (κ3) is 2.83. The minimum absolute atomic E-state index is 0.00113. The molecule has 5 aliphatic carbocycles. The molecule has 6 rings (SSSR count). The van der Waals surface area contributed by atoms with Crippen LogP contribution in [-0.4, -0.2) is 24.1 Å². The second-order valence-corrected chi connectivity index (χ2v) is 16.1. The van der Waals surface area contributed by atoms with Crippen molar-refractivity contribution in [2.24, 2.45) is 56.2 Å². The minimum atomic E-state index is -0.210. The molecule has 0 aromatic heterocycles. The molecule has 202 valence electrons. The molecule has 0 aromatic carbocycles. The lowest BCUT2D eigenvalue weighted by atomic mass is 9.31. The second-order valence-electron chi connectivity index (χ2n) is 16.1. The Hall–Kier alpha value is -1.06. The Morgan fingerprint density at radius 3 is 2.19 bits per heavy atom. The molecule has 5 saturated carbocycles. The summed E-state index contributed by atoms with van der Waals surface area (Å²) in [5, 5.41) is 0. The van der Waals surface area contributed by atoms with Crippen LogP contribution in [-0.2, 0) is 19.1 Å². The van der Waals surface area contributed by atoms with Gasteiger partial charge in [0, 0.05) is 23.7 Å². The number of carbonyl (C=O) groups excluding carboxylic acids is 2. The lowest BCUT2D eigenvalue weighted by Gasteiger charge is -2.73. The van der Waals surface area contributed by atoms with Crippen LogP contribution in [0.5, 0.6) is 0 Å². The van der Waals surface area contributed by atoms with Crippen molar-refractivity contribution in [3.63, 3.8) is 0 Å². The van der Waals surface area contributed by atoms with Gasteiger partial charge in [-0.3, -0.25) is 9.59 Å². The van der Waals surface area contributed by atoms with Gasteiger partial charge in [-0.25, -0.2) is 0 Å². The number of carbonyl (C=O) groups is 2. The predicted octanol–water partition coefficient (Wildman–Crippen LogP) is 7.34. The van der Waals surface area contributed by atoms with E-state index in [1.54, 1.807) is 6.92 Å². The Balaban J connectivity index is 1.36. The zero-order valence-electron chi connectivity index (χ0n) is 24.2. The zero-order valence-corrected chi connectivity index (χ0v) is 24.2. The van der Waals surface area contributed by atoms with Crippen LogP contribution in [0, 0.1) is 56.2 Å². The van der Waals surface area contributed by atoms with E-state index in [0.717, 1.165) is 32.1 Å². The van der Waals surface area contributed by atoms with Crippen LogP contribution in [0.1, 0.15) is 120 Å². The Morgan fingerprint density at radius 1 is 0.806 bits per heavy atom. The highest BCUT2D eigenvalue weighted by Gasteiger charge is 2.75. The summed E-state index contributed by atoms with van der Waals surface area (Å²) in [6.07, 6.45) is 11.6. The molecule has 2 bridgehead atoms. The molecule has 0 unspecified atom stereocenters. The van der Waals surface area contributed by atoms with Gasteiger partial charge in [0.1, 0.15) is 12.2 Å². The molecule has 4 nitrogen and oxygen atoms in total. The van der Waals surface area contributed by atoms with E-state index in [1.165, 1.54) is 32.1 Å². The average Bonchev–Trinajstić information content (AvgIpc) is 3.03. The fraction of sp³-hybridized carbons (Fsp3) is 0.938. The van der Waals surface area contributed by atoms with Gasteiger partial charge in [0.05, 0.1) is 5.41 Å². The highest BCUT2D eigenvalue weighted by atomic mass is 16.6. The molecule has 0 aromatic rings. The zero-order chi connectivity index (χ0) is 26.1. The summed E-state index contributed by atoms with van der Waals surface area (Å²) >= 11 is 0. The smallest absolute Gasteiger partial charge is 0.312 e. The van der Waals surface area contributed by atoms with Crippen molar-refractivity contribution < 1.29 is 19.1 Å². The molecule has 4 heteroatoms. The van der Waals surface area contributed by atoms with E-state index in [1.807, 2.05) is 0 Å². The Morgan fingerprint density at radius 2 is 1.50 bits per heavy atom. The molecule has 0 amide bonds. The third-order valence-electron chi connectivity index (χ3n) is 14.3. The molecule has 36 heavy (non-hydrogen) atoms. The molecule has 0 radical (unpaired) electrons. The van der Waals surface area contributed by atoms with Gasteiger partial charge >= 0.3 is 11.9 Å². The van der Waals surface area contributed by atoms with Crippen molar-refractivity contribution in [1.29, 1.82) is 0 Å². The van der Waals surface area contributed by atoms with Crippen molar-refractivity contribution in [3.8, 4) is 0 Å². The third-order valence-corrected chi connectivity index (χ3v) is 14.3. The lowest BCUT2D eigenvalue weighted by Crippen LogP contribution is -2.68. The first-order chi connectivity index (χ1) is 16.6. The molecule has 1 aliphatic heterocycles. The van der Waals surface area contributed by atoms with Gasteiger partial charge in [0.25, 0.3) is 0 Å². The normalized spacial score (nSPS) is 54.3. The van der Waals surface area contributed by atoms with E-state index in [4.69, 9.17) is 9.47 Å². The molecule has 6 fully saturated rings. The molecule has 1 heterocycles. The molecule has 10 atom stereocenters. The molecular weight excluding hydrogens is 448 g/mol. The van der Waals surface area contributed by atoms with E-state index < -0.39 is 0 Å². The van der Waals surface area contributed by atoms with Crippen LogP contribution in [0.3, 0.4) is 0 Å². The van der Waals surface area contributed by atoms with Gasteiger partial charge in [-0.15, -0.1) is 0 Å². The fourth-order valence-electron chi connectivity index (χ4n) is 12.2. The number of rotatable bonds is 1. The average molecular weight is 499 g/mol. The first-order valence-corrected chi connectivity index (χ1v) is 15.0. The van der Waals surface area contributed by atoms with Gasteiger partial charge < -0.3 is 9.47 Å². The summed E-state index contributed by atoms with van der Waals surface area (Å²) < 4.78 is 12.2. The number of hydrogen-bond acceptors (Lipinski definition) is 4. The van der Waals surface area contributed by atoms with E-state index in [0.29, 0.717) is 23.7 Å². The van der Waals surface area contributed by atoms with Gasteiger partial charge in [0.2, 0.25) is 0 Å². The molecule has 0 spiro atoms. The van der Waals surface area contributed by atoms with Crippen LogP contribution >= 0.6 is 0 Å². The first kappa shape index (κ1) is 25.2. The quantitative estimate of drug-likeness (QED) is 0.355. The lowest BCUT2D eigenvalue weighted by molar-refractivity contribution is -0.254. The molecule has 1 saturated heterocycles. The van der Waals surface area contributed by atoms with Crippen LogP contribution in [0.2, 0.25) is 0 Å². The standard InChI is InChI=1S/C32H50O4/c1-19(33)35-23-12-13-29(6)21(28(23,4)5)11-14-31(8)22(29)10-9-20-24-25-27(2,3)15-17-32(24,26(34)36-25)18-16-30(20,31)7/h20-25H,9-18H2,1-8H3/t20-,21-,22-,23+,24-,25-,29+,30-,31-,32+/m1/s1. The van der Waals surface area contributed by atoms with Crippen LogP contribution in [0.4, 0.5) is 0 Å². The van der Waals surface area contributed by atoms with Crippen LogP contribution < -0.4 is 0 Å². The summed E-state index contributed by atoms with van der Waals surface area (Å²) in [7, 11) is 0.